The summed E-state index contributed by atoms with van der Waals surface area (Å²) in [5.41, 5.74) is 0.965. The van der Waals surface area contributed by atoms with Crippen LogP contribution in [0, 0.1) is 46.3 Å². The molecule has 0 spiro atoms. The van der Waals surface area contributed by atoms with Gasteiger partial charge in [0, 0.05) is 13.5 Å². The Kier molecular flexibility index (Phi) is 5.61. The first-order chi connectivity index (χ1) is 13.3. The molecule has 2 N–H and O–H groups in total. The van der Waals surface area contributed by atoms with Crippen molar-refractivity contribution in [3.05, 3.63) is 0 Å². The van der Waals surface area contributed by atoms with Gasteiger partial charge in [0.05, 0.1) is 6.10 Å². The highest BCUT2D eigenvalue weighted by molar-refractivity contribution is 5.75. The molecular formula is C25H43NO2. The van der Waals surface area contributed by atoms with Crippen LogP contribution in [0.25, 0.3) is 0 Å². The van der Waals surface area contributed by atoms with Gasteiger partial charge in [0.15, 0.2) is 0 Å². The molecule has 4 aliphatic rings. The van der Waals surface area contributed by atoms with Gasteiger partial charge in [-0.05, 0) is 111 Å². The van der Waals surface area contributed by atoms with Crippen molar-refractivity contribution in [3.8, 4) is 0 Å². The first-order valence-corrected chi connectivity index (χ1v) is 12.2. The molecule has 9 atom stereocenters. The molecule has 4 aliphatic carbocycles. The van der Waals surface area contributed by atoms with Crippen LogP contribution in [0.3, 0.4) is 0 Å². The third-order valence-electron chi connectivity index (χ3n) is 10.5. The molecule has 0 bridgehead atoms. The van der Waals surface area contributed by atoms with Crippen molar-refractivity contribution in [2.24, 2.45) is 46.3 Å². The predicted molar refractivity (Wildman–Crippen MR) is 114 cm³/mol. The Hall–Kier alpha value is -0.570. The van der Waals surface area contributed by atoms with E-state index in [0.29, 0.717) is 23.2 Å². The van der Waals surface area contributed by atoms with Gasteiger partial charge in [0.25, 0.3) is 0 Å². The monoisotopic (exact) mass is 389 g/mol. The molecule has 4 fully saturated rings. The largest absolute Gasteiger partial charge is 0.393 e. The van der Waals surface area contributed by atoms with Gasteiger partial charge in [-0.1, -0.05) is 20.8 Å². The average molecular weight is 390 g/mol. The predicted octanol–water partition coefficient (Wildman–Crippen LogP) is 5.17. The molecule has 28 heavy (non-hydrogen) atoms. The van der Waals surface area contributed by atoms with E-state index in [1.54, 1.807) is 7.05 Å². The van der Waals surface area contributed by atoms with Crippen molar-refractivity contribution < 1.29 is 9.90 Å². The number of hydrogen-bond donors (Lipinski definition) is 2. The van der Waals surface area contributed by atoms with Gasteiger partial charge >= 0.3 is 0 Å². The number of aliphatic hydroxyl groups excluding tert-OH is 1. The zero-order chi connectivity index (χ0) is 20.1. The summed E-state index contributed by atoms with van der Waals surface area (Å²) in [5, 5.41) is 13.0. The van der Waals surface area contributed by atoms with Crippen molar-refractivity contribution in [1.29, 1.82) is 0 Å². The van der Waals surface area contributed by atoms with Crippen molar-refractivity contribution in [2.75, 3.05) is 7.05 Å². The molecule has 3 heteroatoms. The Morgan fingerprint density at radius 2 is 1.75 bits per heavy atom. The highest BCUT2D eigenvalue weighted by Crippen LogP contribution is 2.68. The highest BCUT2D eigenvalue weighted by atomic mass is 16.3. The number of carbonyl (C=O) groups is 1. The molecule has 0 saturated heterocycles. The van der Waals surface area contributed by atoms with E-state index in [2.05, 4.69) is 26.1 Å². The van der Waals surface area contributed by atoms with Crippen LogP contribution >= 0.6 is 0 Å². The van der Waals surface area contributed by atoms with Crippen LogP contribution in [0.15, 0.2) is 0 Å². The summed E-state index contributed by atoms with van der Waals surface area (Å²) in [6.45, 7) is 7.61. The van der Waals surface area contributed by atoms with E-state index in [9.17, 15) is 9.90 Å². The number of rotatable bonds is 4. The number of carbonyl (C=O) groups excluding carboxylic acids is 1. The van der Waals surface area contributed by atoms with Gasteiger partial charge in [-0.3, -0.25) is 4.79 Å². The maximum absolute atomic E-state index is 11.7. The summed E-state index contributed by atoms with van der Waals surface area (Å²) in [7, 11) is 1.75. The van der Waals surface area contributed by atoms with Gasteiger partial charge in [-0.25, -0.2) is 0 Å². The maximum Gasteiger partial charge on any atom is 0.219 e. The second-order valence-corrected chi connectivity index (χ2v) is 11.5. The van der Waals surface area contributed by atoms with Crippen LogP contribution < -0.4 is 5.32 Å². The summed E-state index contributed by atoms with van der Waals surface area (Å²) < 4.78 is 0. The van der Waals surface area contributed by atoms with Crippen LogP contribution in [-0.2, 0) is 4.79 Å². The number of amides is 1. The van der Waals surface area contributed by atoms with Crippen molar-refractivity contribution >= 4 is 5.91 Å². The Morgan fingerprint density at radius 3 is 2.50 bits per heavy atom. The molecular weight excluding hydrogens is 346 g/mol. The molecule has 0 heterocycles. The first-order valence-electron chi connectivity index (χ1n) is 12.2. The molecule has 0 aromatic carbocycles. The molecule has 160 valence electrons. The van der Waals surface area contributed by atoms with E-state index in [1.165, 1.54) is 44.9 Å². The van der Waals surface area contributed by atoms with E-state index in [-0.39, 0.29) is 12.0 Å². The molecule has 4 rings (SSSR count). The minimum atomic E-state index is -0.0412. The Balaban J connectivity index is 1.48. The van der Waals surface area contributed by atoms with Crippen molar-refractivity contribution in [2.45, 2.75) is 97.5 Å². The average Bonchev–Trinajstić information content (AvgIpc) is 3.03. The van der Waals surface area contributed by atoms with Crippen LogP contribution in [0.2, 0.25) is 0 Å². The molecule has 4 saturated carbocycles. The van der Waals surface area contributed by atoms with Crippen molar-refractivity contribution in [1.82, 2.24) is 5.32 Å². The summed E-state index contributed by atoms with van der Waals surface area (Å²) in [6, 6.07) is 0. The SMILES string of the molecule is CNC(=O)CCC(C)[C@H]1CC[C@H]2C3CC[C@@H]4C[C@H](O)CC[C@]4(C)[C@H]3CC[C@]12C. The summed E-state index contributed by atoms with van der Waals surface area (Å²) in [5.74, 6) is 5.08. The van der Waals surface area contributed by atoms with Gasteiger partial charge < -0.3 is 10.4 Å². The Bertz CT molecular complexity index is 591. The molecule has 2 unspecified atom stereocenters. The fraction of sp³-hybridized carbons (Fsp3) is 0.960. The van der Waals surface area contributed by atoms with Crippen molar-refractivity contribution in [3.63, 3.8) is 0 Å². The fourth-order valence-corrected chi connectivity index (χ4v) is 8.90. The van der Waals surface area contributed by atoms with E-state index in [4.69, 9.17) is 0 Å². The van der Waals surface area contributed by atoms with Gasteiger partial charge in [-0.2, -0.15) is 0 Å². The van der Waals surface area contributed by atoms with E-state index in [1.807, 2.05) is 0 Å². The lowest BCUT2D eigenvalue weighted by molar-refractivity contribution is -0.129. The standard InChI is InChI=1S/C25H43NO2/c1-16(5-10-23(28)26-4)20-8-9-21-19-7-6-17-15-18(27)11-13-24(17,2)22(19)12-14-25(20,21)3/h16-22,27H,5-15H2,1-4H3,(H,26,28)/t16?,17-,18-,19?,20-,21+,22+,24+,25-/m1/s1. The molecule has 0 aromatic heterocycles. The molecule has 0 aromatic rings. The molecule has 3 nitrogen and oxygen atoms in total. The Labute approximate surface area is 172 Å². The minimum absolute atomic E-state index is 0.0412. The van der Waals surface area contributed by atoms with Crippen LogP contribution in [0.4, 0.5) is 0 Å². The first kappa shape index (κ1) is 20.7. The zero-order valence-corrected chi connectivity index (χ0v) is 18.7. The topological polar surface area (TPSA) is 49.3 Å². The number of nitrogens with one attached hydrogen (secondary N) is 1. The maximum atomic E-state index is 11.7. The summed E-state index contributed by atoms with van der Waals surface area (Å²) in [4.78, 5) is 11.7. The molecule has 1 amide bonds. The summed E-state index contributed by atoms with van der Waals surface area (Å²) >= 11 is 0. The Morgan fingerprint density at radius 1 is 1.04 bits per heavy atom. The van der Waals surface area contributed by atoms with Crippen LogP contribution in [0.5, 0.6) is 0 Å². The lowest BCUT2D eigenvalue weighted by Gasteiger charge is -2.61. The quantitative estimate of drug-likeness (QED) is 0.697. The minimum Gasteiger partial charge on any atom is -0.393 e. The van der Waals surface area contributed by atoms with Gasteiger partial charge in [0.2, 0.25) is 5.91 Å². The van der Waals surface area contributed by atoms with E-state index in [0.717, 1.165) is 48.9 Å². The third kappa shape index (κ3) is 3.24. The second-order valence-electron chi connectivity index (χ2n) is 11.5. The van der Waals surface area contributed by atoms with Crippen LogP contribution in [-0.4, -0.2) is 24.2 Å². The zero-order valence-electron chi connectivity index (χ0n) is 18.7. The van der Waals surface area contributed by atoms with Crippen LogP contribution in [0.1, 0.15) is 91.4 Å². The number of fused-ring (bicyclic) bond motifs is 5. The van der Waals surface area contributed by atoms with E-state index < -0.39 is 0 Å². The number of aliphatic hydroxyl groups is 1. The van der Waals surface area contributed by atoms with Gasteiger partial charge in [-0.15, -0.1) is 0 Å². The summed E-state index contributed by atoms with van der Waals surface area (Å²) in [6.07, 6.45) is 13.3. The fourth-order valence-electron chi connectivity index (χ4n) is 8.90. The third-order valence-corrected chi connectivity index (χ3v) is 10.5. The smallest absolute Gasteiger partial charge is 0.219 e. The van der Waals surface area contributed by atoms with E-state index >= 15 is 0 Å². The molecule has 0 radical (unpaired) electrons. The number of hydrogen-bond acceptors (Lipinski definition) is 2. The molecule has 0 aliphatic heterocycles. The lowest BCUT2D eigenvalue weighted by atomic mass is 9.44. The lowest BCUT2D eigenvalue weighted by Crippen LogP contribution is -2.54. The van der Waals surface area contributed by atoms with Gasteiger partial charge in [0.1, 0.15) is 0 Å². The second kappa shape index (κ2) is 7.60. The highest BCUT2D eigenvalue weighted by Gasteiger charge is 2.60. The normalized spacial score (nSPS) is 48.9.